The molecule has 180 valence electrons. The predicted molar refractivity (Wildman–Crippen MR) is 141 cm³/mol. The molecule has 2 aromatic heterocycles. The molecule has 0 aliphatic carbocycles. The Morgan fingerprint density at radius 2 is 1.94 bits per heavy atom. The number of pyridine rings is 1. The minimum absolute atomic E-state index is 0.0277. The number of nitrogens with zero attached hydrogens (tertiary/aromatic N) is 3. The normalized spacial score (nSPS) is 17.1. The van der Waals surface area contributed by atoms with Crippen LogP contribution in [0.2, 0.25) is 0 Å². The highest BCUT2D eigenvalue weighted by molar-refractivity contribution is 9.10. The number of aromatic nitrogens is 3. The van der Waals surface area contributed by atoms with Gasteiger partial charge in [0.05, 0.1) is 39.9 Å². The highest BCUT2D eigenvalue weighted by Crippen LogP contribution is 2.32. The second kappa shape index (κ2) is 9.20. The summed E-state index contributed by atoms with van der Waals surface area (Å²) in [5.41, 5.74) is 5.01. The minimum atomic E-state index is -3.12. The van der Waals surface area contributed by atoms with Crippen molar-refractivity contribution in [3.63, 3.8) is 0 Å². The Bertz CT molecular complexity index is 1550. The van der Waals surface area contributed by atoms with E-state index in [-0.39, 0.29) is 23.5 Å². The van der Waals surface area contributed by atoms with E-state index in [1.165, 1.54) is 5.56 Å². The van der Waals surface area contributed by atoms with E-state index < -0.39 is 9.84 Å². The molecule has 0 saturated carbocycles. The number of rotatable bonds is 5. The van der Waals surface area contributed by atoms with Crippen LogP contribution in [0.25, 0.3) is 22.3 Å². The summed E-state index contributed by atoms with van der Waals surface area (Å²) in [5, 5.41) is 8.28. The summed E-state index contributed by atoms with van der Waals surface area (Å²) in [4.78, 5) is 18.4. The SMILES string of the molecule is CCc1ccc(-c2cc(C(=O)Nc3cccc(Br)c3)c3c(C)nn(C4CCS(=O)(=O)C4)c3n2)cc1. The number of fused-ring (bicyclic) bond motifs is 1. The van der Waals surface area contributed by atoms with Gasteiger partial charge in [-0.05, 0) is 49.6 Å². The lowest BCUT2D eigenvalue weighted by molar-refractivity contribution is 0.102. The van der Waals surface area contributed by atoms with E-state index in [0.29, 0.717) is 40.1 Å². The maximum absolute atomic E-state index is 13.5. The van der Waals surface area contributed by atoms with Crippen LogP contribution < -0.4 is 5.32 Å². The van der Waals surface area contributed by atoms with Crippen molar-refractivity contribution in [1.82, 2.24) is 14.8 Å². The molecule has 35 heavy (non-hydrogen) atoms. The number of nitrogens with one attached hydrogen (secondary N) is 1. The van der Waals surface area contributed by atoms with Gasteiger partial charge in [-0.25, -0.2) is 18.1 Å². The Kier molecular flexibility index (Phi) is 6.23. The van der Waals surface area contributed by atoms with Crippen LogP contribution in [0.3, 0.4) is 0 Å². The van der Waals surface area contributed by atoms with E-state index in [1.54, 1.807) is 10.7 Å². The number of anilines is 1. The predicted octanol–water partition coefficient (Wildman–Crippen LogP) is 5.34. The van der Waals surface area contributed by atoms with Gasteiger partial charge in [0.1, 0.15) is 0 Å². The zero-order chi connectivity index (χ0) is 24.7. The molecule has 1 N–H and O–H groups in total. The summed E-state index contributed by atoms with van der Waals surface area (Å²) in [6, 6.07) is 17.0. The first-order valence-corrected chi connectivity index (χ1v) is 14.1. The lowest BCUT2D eigenvalue weighted by Gasteiger charge is -2.13. The largest absolute Gasteiger partial charge is 0.322 e. The topological polar surface area (TPSA) is 94.0 Å². The van der Waals surface area contributed by atoms with Crippen LogP contribution >= 0.6 is 15.9 Å². The van der Waals surface area contributed by atoms with Gasteiger partial charge in [0, 0.05) is 15.7 Å². The number of carbonyl (C=O) groups excluding carboxylic acids is 1. The number of amides is 1. The van der Waals surface area contributed by atoms with Crippen LogP contribution in [0.15, 0.2) is 59.1 Å². The number of halogens is 1. The molecular weight excluding hydrogens is 528 g/mol. The zero-order valence-corrected chi connectivity index (χ0v) is 21.9. The standard InChI is InChI=1S/C26H25BrN4O3S/c1-3-17-7-9-18(10-8-17)23-14-22(26(32)28-20-6-4-5-19(27)13-20)24-16(2)30-31(25(24)29-23)21-11-12-35(33,34)15-21/h4-10,13-14,21H,3,11-12,15H2,1-2H3,(H,28,32). The Morgan fingerprint density at radius 3 is 2.60 bits per heavy atom. The fourth-order valence-corrected chi connectivity index (χ4v) is 6.63. The maximum atomic E-state index is 13.5. The second-order valence-corrected chi connectivity index (χ2v) is 12.0. The van der Waals surface area contributed by atoms with Crippen molar-refractivity contribution in [1.29, 1.82) is 0 Å². The number of hydrogen-bond donors (Lipinski definition) is 1. The molecule has 1 fully saturated rings. The number of sulfone groups is 1. The van der Waals surface area contributed by atoms with E-state index in [2.05, 4.69) is 45.4 Å². The van der Waals surface area contributed by atoms with E-state index in [9.17, 15) is 13.2 Å². The van der Waals surface area contributed by atoms with Crippen molar-refractivity contribution in [2.45, 2.75) is 32.7 Å². The molecule has 3 heterocycles. The number of benzene rings is 2. The van der Waals surface area contributed by atoms with Crippen LogP contribution in [0.5, 0.6) is 0 Å². The fraction of sp³-hybridized carbons (Fsp3) is 0.269. The van der Waals surface area contributed by atoms with Crippen molar-refractivity contribution >= 4 is 48.4 Å². The molecule has 0 bridgehead atoms. The monoisotopic (exact) mass is 552 g/mol. The molecular formula is C26H25BrN4O3S. The smallest absolute Gasteiger partial charge is 0.256 e. The molecule has 9 heteroatoms. The van der Waals surface area contributed by atoms with Gasteiger partial charge in [0.15, 0.2) is 15.5 Å². The first kappa shape index (κ1) is 23.7. The molecule has 1 aliphatic rings. The highest BCUT2D eigenvalue weighted by atomic mass is 79.9. The third-order valence-corrected chi connectivity index (χ3v) is 8.62. The molecule has 5 rings (SSSR count). The van der Waals surface area contributed by atoms with Gasteiger partial charge in [0.25, 0.3) is 5.91 Å². The number of carbonyl (C=O) groups is 1. The van der Waals surface area contributed by atoms with Gasteiger partial charge < -0.3 is 5.32 Å². The van der Waals surface area contributed by atoms with Crippen LogP contribution in [0, 0.1) is 6.92 Å². The van der Waals surface area contributed by atoms with Gasteiger partial charge in [-0.2, -0.15) is 5.10 Å². The van der Waals surface area contributed by atoms with Crippen molar-refractivity contribution in [2.24, 2.45) is 0 Å². The van der Waals surface area contributed by atoms with Crippen LogP contribution in [-0.2, 0) is 16.3 Å². The second-order valence-electron chi connectivity index (χ2n) is 8.86. The van der Waals surface area contributed by atoms with Crippen LogP contribution in [-0.4, -0.2) is 40.6 Å². The zero-order valence-electron chi connectivity index (χ0n) is 19.5. The summed E-state index contributed by atoms with van der Waals surface area (Å²) in [7, 11) is -3.12. The average Bonchev–Trinajstić information content (AvgIpc) is 3.37. The Morgan fingerprint density at radius 1 is 1.17 bits per heavy atom. The molecule has 1 saturated heterocycles. The van der Waals surface area contributed by atoms with E-state index >= 15 is 0 Å². The fourth-order valence-electron chi connectivity index (χ4n) is 4.54. The Labute approximate surface area is 212 Å². The van der Waals surface area contributed by atoms with Crippen molar-refractivity contribution < 1.29 is 13.2 Å². The molecule has 0 spiro atoms. The van der Waals surface area contributed by atoms with Crippen molar-refractivity contribution in [2.75, 3.05) is 16.8 Å². The lowest BCUT2D eigenvalue weighted by Crippen LogP contribution is -2.15. The summed E-state index contributed by atoms with van der Waals surface area (Å²) in [5.74, 6) is -0.115. The molecule has 1 aliphatic heterocycles. The molecule has 2 aromatic carbocycles. The molecule has 7 nitrogen and oxygen atoms in total. The minimum Gasteiger partial charge on any atom is -0.322 e. The Hall–Kier alpha value is -3.04. The molecule has 1 amide bonds. The van der Waals surface area contributed by atoms with Gasteiger partial charge >= 0.3 is 0 Å². The third kappa shape index (κ3) is 4.75. The van der Waals surface area contributed by atoms with E-state index in [0.717, 1.165) is 16.5 Å². The summed E-state index contributed by atoms with van der Waals surface area (Å²) in [6.45, 7) is 3.93. The van der Waals surface area contributed by atoms with Gasteiger partial charge in [-0.1, -0.05) is 53.2 Å². The number of aryl methyl sites for hydroxylation is 2. The van der Waals surface area contributed by atoms with Gasteiger partial charge in [-0.15, -0.1) is 0 Å². The quantitative estimate of drug-likeness (QED) is 0.360. The van der Waals surface area contributed by atoms with Crippen LogP contribution in [0.4, 0.5) is 5.69 Å². The third-order valence-electron chi connectivity index (χ3n) is 6.38. The van der Waals surface area contributed by atoms with E-state index in [4.69, 9.17) is 4.98 Å². The van der Waals surface area contributed by atoms with Crippen molar-refractivity contribution in [3.8, 4) is 11.3 Å². The van der Waals surface area contributed by atoms with E-state index in [1.807, 2.05) is 43.3 Å². The first-order valence-electron chi connectivity index (χ1n) is 11.5. The highest BCUT2D eigenvalue weighted by Gasteiger charge is 2.32. The number of hydrogen-bond acceptors (Lipinski definition) is 5. The molecule has 1 atom stereocenters. The first-order chi connectivity index (χ1) is 16.7. The van der Waals surface area contributed by atoms with Gasteiger partial charge in [0.2, 0.25) is 0 Å². The maximum Gasteiger partial charge on any atom is 0.256 e. The molecule has 1 unspecified atom stereocenters. The van der Waals surface area contributed by atoms with Crippen molar-refractivity contribution in [3.05, 3.63) is 75.9 Å². The van der Waals surface area contributed by atoms with Gasteiger partial charge in [-0.3, -0.25) is 4.79 Å². The average molecular weight is 553 g/mol. The summed E-state index contributed by atoms with van der Waals surface area (Å²) >= 11 is 3.44. The molecule has 0 radical (unpaired) electrons. The summed E-state index contributed by atoms with van der Waals surface area (Å²) in [6.07, 6.45) is 1.41. The van der Waals surface area contributed by atoms with Crippen LogP contribution in [0.1, 0.15) is 41.0 Å². The molecule has 4 aromatic rings. The lowest BCUT2D eigenvalue weighted by atomic mass is 10.0. The Balaban J connectivity index is 1.67. The summed E-state index contributed by atoms with van der Waals surface area (Å²) < 4.78 is 26.9.